The van der Waals surface area contributed by atoms with Crippen LogP contribution < -0.4 is 9.47 Å². The van der Waals surface area contributed by atoms with Gasteiger partial charge in [0, 0.05) is 24.0 Å². The van der Waals surface area contributed by atoms with Gasteiger partial charge in [-0.15, -0.1) is 0 Å². The fourth-order valence-electron chi connectivity index (χ4n) is 3.70. The minimum Gasteiger partial charge on any atom is -0.493 e. The van der Waals surface area contributed by atoms with Crippen LogP contribution in [0.4, 0.5) is 0 Å². The average Bonchev–Trinajstić information content (AvgIpc) is 2.70. The number of thioether (sulfide) groups is 1. The first-order valence-corrected chi connectivity index (χ1v) is 10.5. The fraction of sp³-hybridized carbons (Fsp3) is 0.524. The van der Waals surface area contributed by atoms with E-state index in [1.165, 1.54) is 18.2 Å². The Hall–Kier alpha value is -1.95. The molecule has 6 heteroatoms. The zero-order valence-corrected chi connectivity index (χ0v) is 17.4. The molecule has 5 nitrogen and oxygen atoms in total. The monoisotopic (exact) mass is 388 g/mol. The summed E-state index contributed by atoms with van der Waals surface area (Å²) in [6.45, 7) is 5.09. The molecule has 0 saturated carbocycles. The zero-order valence-electron chi connectivity index (χ0n) is 16.6. The number of benzene rings is 1. The van der Waals surface area contributed by atoms with Gasteiger partial charge >= 0.3 is 0 Å². The maximum atomic E-state index is 12.7. The van der Waals surface area contributed by atoms with Gasteiger partial charge in [0.25, 0.3) is 0 Å². The summed E-state index contributed by atoms with van der Waals surface area (Å²) in [5, 5.41) is 1.90. The number of likely N-dealkylation sites (tertiary alicyclic amines) is 1. The molecule has 1 aliphatic heterocycles. The molecule has 0 spiro atoms. The molecule has 1 unspecified atom stereocenters. The minimum atomic E-state index is 0.222. The molecule has 27 heavy (non-hydrogen) atoms. The van der Waals surface area contributed by atoms with Crippen molar-refractivity contribution in [2.75, 3.05) is 26.5 Å². The third-order valence-electron chi connectivity index (χ3n) is 5.22. The summed E-state index contributed by atoms with van der Waals surface area (Å²) in [4.78, 5) is 19.6. The van der Waals surface area contributed by atoms with E-state index in [1.807, 2.05) is 19.1 Å². The van der Waals surface area contributed by atoms with Gasteiger partial charge in [-0.1, -0.05) is 18.7 Å². The largest absolute Gasteiger partial charge is 0.493 e. The van der Waals surface area contributed by atoms with Gasteiger partial charge in [-0.25, -0.2) is 4.98 Å². The molecule has 0 N–H and O–H groups in total. The maximum Gasteiger partial charge on any atom is 0.233 e. The lowest BCUT2D eigenvalue weighted by Crippen LogP contribution is -2.44. The molecule has 2 heterocycles. The average molecular weight is 389 g/mol. The lowest BCUT2D eigenvalue weighted by molar-refractivity contribution is -0.132. The van der Waals surface area contributed by atoms with Crippen LogP contribution >= 0.6 is 11.8 Å². The molecular formula is C21H28N2O3S. The third-order valence-corrected chi connectivity index (χ3v) is 6.29. The van der Waals surface area contributed by atoms with Crippen molar-refractivity contribution in [2.45, 2.75) is 50.6 Å². The van der Waals surface area contributed by atoms with E-state index in [1.54, 1.807) is 14.2 Å². The second kappa shape index (κ2) is 8.83. The number of hydrogen-bond acceptors (Lipinski definition) is 5. The second-order valence-electron chi connectivity index (χ2n) is 6.94. The number of ether oxygens (including phenoxy) is 2. The molecule has 1 atom stereocenters. The number of fused-ring (bicyclic) bond motifs is 1. The summed E-state index contributed by atoms with van der Waals surface area (Å²) in [5.74, 6) is 2.01. The van der Waals surface area contributed by atoms with Gasteiger partial charge in [0.15, 0.2) is 11.5 Å². The molecular weight excluding hydrogens is 360 g/mol. The highest BCUT2D eigenvalue weighted by Crippen LogP contribution is 2.34. The molecule has 1 aliphatic rings. The number of nitrogens with zero attached hydrogens (tertiary/aromatic N) is 2. The van der Waals surface area contributed by atoms with Gasteiger partial charge in [-0.3, -0.25) is 4.79 Å². The van der Waals surface area contributed by atoms with Gasteiger partial charge in [-0.2, -0.15) is 0 Å². The summed E-state index contributed by atoms with van der Waals surface area (Å²) in [7, 11) is 3.25. The van der Waals surface area contributed by atoms with E-state index in [2.05, 4.69) is 17.9 Å². The lowest BCUT2D eigenvalue weighted by Gasteiger charge is -2.35. The molecule has 1 fully saturated rings. The standard InChI is InChI=1S/C21H28N2O3S/c1-5-16-8-6-7-9-23(16)20(24)13-27-21-14(2)10-15-11-18(25-3)19(26-4)12-17(15)22-21/h10-12,16H,5-9,13H2,1-4H3. The Morgan fingerprint density at radius 2 is 1.96 bits per heavy atom. The van der Waals surface area contributed by atoms with E-state index in [4.69, 9.17) is 14.5 Å². The Bertz CT molecular complexity index is 825. The van der Waals surface area contributed by atoms with Crippen LogP contribution in [-0.2, 0) is 4.79 Å². The van der Waals surface area contributed by atoms with Gasteiger partial charge in [0.2, 0.25) is 5.91 Å². The Kier molecular flexibility index (Phi) is 6.47. The molecule has 1 saturated heterocycles. The van der Waals surface area contributed by atoms with Crippen LogP contribution in [0.3, 0.4) is 0 Å². The summed E-state index contributed by atoms with van der Waals surface area (Å²) >= 11 is 1.53. The second-order valence-corrected chi connectivity index (χ2v) is 7.91. The zero-order chi connectivity index (χ0) is 19.4. The summed E-state index contributed by atoms with van der Waals surface area (Å²) in [6, 6.07) is 6.31. The van der Waals surface area contributed by atoms with Crippen molar-refractivity contribution < 1.29 is 14.3 Å². The Morgan fingerprint density at radius 1 is 1.22 bits per heavy atom. The van der Waals surface area contributed by atoms with Crippen molar-refractivity contribution in [3.63, 3.8) is 0 Å². The van der Waals surface area contributed by atoms with Crippen molar-refractivity contribution in [1.29, 1.82) is 0 Å². The van der Waals surface area contributed by atoms with Gasteiger partial charge < -0.3 is 14.4 Å². The first-order chi connectivity index (χ1) is 13.1. The molecule has 1 aromatic carbocycles. The molecule has 3 rings (SSSR count). The quantitative estimate of drug-likeness (QED) is 0.685. The van der Waals surface area contributed by atoms with E-state index in [9.17, 15) is 4.79 Å². The molecule has 0 bridgehead atoms. The smallest absolute Gasteiger partial charge is 0.233 e. The first kappa shape index (κ1) is 19.8. The Labute approximate surface area is 165 Å². The van der Waals surface area contributed by atoms with Crippen LogP contribution in [0, 0.1) is 6.92 Å². The topological polar surface area (TPSA) is 51.7 Å². The number of hydrogen-bond donors (Lipinski definition) is 0. The van der Waals surface area contributed by atoms with Gasteiger partial charge in [0.05, 0.1) is 25.5 Å². The SMILES string of the molecule is CCC1CCCCN1C(=O)CSc1nc2cc(OC)c(OC)cc2cc1C. The first-order valence-electron chi connectivity index (χ1n) is 9.53. The number of aryl methyl sites for hydroxylation is 1. The van der Waals surface area contributed by atoms with E-state index in [-0.39, 0.29) is 5.91 Å². The van der Waals surface area contributed by atoms with Crippen LogP contribution in [-0.4, -0.2) is 48.4 Å². The highest BCUT2D eigenvalue weighted by Gasteiger charge is 2.25. The summed E-state index contributed by atoms with van der Waals surface area (Å²) < 4.78 is 10.8. The predicted octanol–water partition coefficient (Wildman–Crippen LogP) is 4.44. The summed E-state index contributed by atoms with van der Waals surface area (Å²) in [5.41, 5.74) is 1.91. The van der Waals surface area contributed by atoms with Gasteiger partial charge in [-0.05, 0) is 50.3 Å². The number of piperidine rings is 1. The lowest BCUT2D eigenvalue weighted by atomic mass is 10.0. The van der Waals surface area contributed by atoms with Crippen molar-refractivity contribution in [3.8, 4) is 11.5 Å². The van der Waals surface area contributed by atoms with Crippen molar-refractivity contribution in [2.24, 2.45) is 0 Å². The van der Waals surface area contributed by atoms with Crippen LogP contribution in [0.15, 0.2) is 23.2 Å². The van der Waals surface area contributed by atoms with Crippen LogP contribution in [0.1, 0.15) is 38.2 Å². The number of aromatic nitrogens is 1. The van der Waals surface area contributed by atoms with Crippen LogP contribution in [0.2, 0.25) is 0 Å². The Balaban J connectivity index is 1.78. The minimum absolute atomic E-state index is 0.222. The van der Waals surface area contributed by atoms with Crippen molar-refractivity contribution in [3.05, 3.63) is 23.8 Å². The molecule has 0 aliphatic carbocycles. The van der Waals surface area contributed by atoms with Crippen LogP contribution in [0.5, 0.6) is 11.5 Å². The van der Waals surface area contributed by atoms with Crippen molar-refractivity contribution in [1.82, 2.24) is 9.88 Å². The van der Waals surface area contributed by atoms with E-state index >= 15 is 0 Å². The molecule has 2 aromatic rings. The number of methoxy groups -OCH3 is 2. The molecule has 0 radical (unpaired) electrons. The van der Waals surface area contributed by atoms with E-state index in [0.717, 1.165) is 47.3 Å². The highest BCUT2D eigenvalue weighted by atomic mass is 32.2. The number of amides is 1. The third kappa shape index (κ3) is 4.32. The summed E-state index contributed by atoms with van der Waals surface area (Å²) in [6.07, 6.45) is 4.50. The van der Waals surface area contributed by atoms with Crippen molar-refractivity contribution >= 4 is 28.6 Å². The molecule has 1 aromatic heterocycles. The fourth-order valence-corrected chi connectivity index (χ4v) is 4.58. The normalized spacial score (nSPS) is 17.2. The number of carbonyl (C=O) groups excluding carboxylic acids is 1. The van der Waals surface area contributed by atoms with Gasteiger partial charge in [0.1, 0.15) is 5.03 Å². The predicted molar refractivity (Wildman–Crippen MR) is 110 cm³/mol. The highest BCUT2D eigenvalue weighted by molar-refractivity contribution is 7.99. The maximum absolute atomic E-state index is 12.7. The Morgan fingerprint density at radius 3 is 2.67 bits per heavy atom. The van der Waals surface area contributed by atoms with E-state index in [0.29, 0.717) is 23.3 Å². The molecule has 146 valence electrons. The number of pyridine rings is 1. The van der Waals surface area contributed by atoms with Crippen LogP contribution in [0.25, 0.3) is 10.9 Å². The number of rotatable bonds is 6. The van der Waals surface area contributed by atoms with E-state index < -0.39 is 0 Å². The number of carbonyl (C=O) groups is 1. The molecule has 1 amide bonds.